The van der Waals surface area contributed by atoms with Gasteiger partial charge in [-0.3, -0.25) is 4.79 Å². The lowest BCUT2D eigenvalue weighted by Crippen LogP contribution is -2.85. The minimum atomic E-state index is -0.0105. The minimum absolute atomic E-state index is 0.0105. The van der Waals surface area contributed by atoms with Gasteiger partial charge in [0, 0.05) is 11.8 Å². The number of amides is 1. The van der Waals surface area contributed by atoms with Gasteiger partial charge in [-0.05, 0) is 31.2 Å². The third kappa shape index (κ3) is 4.40. The molecule has 0 atom stereocenters. The Morgan fingerprint density at radius 1 is 1.10 bits per heavy atom. The first kappa shape index (κ1) is 14.1. The zero-order valence-corrected chi connectivity index (χ0v) is 11.5. The predicted octanol–water partition coefficient (Wildman–Crippen LogP) is 2.00. The van der Waals surface area contributed by atoms with Crippen LogP contribution in [0.5, 0.6) is 11.5 Å². The molecule has 0 aromatic heterocycles. The van der Waals surface area contributed by atoms with Gasteiger partial charge >= 0.3 is 0 Å². The van der Waals surface area contributed by atoms with Crippen LogP contribution in [0.4, 0.5) is 5.69 Å². The summed E-state index contributed by atoms with van der Waals surface area (Å²) in [5, 5.41) is 4.80. The van der Waals surface area contributed by atoms with Crippen LogP contribution in [0.1, 0.15) is 6.92 Å². The first-order chi connectivity index (χ1) is 9.78. The molecule has 0 spiro atoms. The second-order valence-electron chi connectivity index (χ2n) is 4.39. The van der Waals surface area contributed by atoms with Crippen LogP contribution in [-0.2, 0) is 4.79 Å². The summed E-state index contributed by atoms with van der Waals surface area (Å²) >= 11 is 0. The number of benzene rings is 2. The van der Waals surface area contributed by atoms with Crippen LogP contribution in [0, 0.1) is 0 Å². The first-order valence-corrected chi connectivity index (χ1v) is 6.72. The summed E-state index contributed by atoms with van der Waals surface area (Å²) < 4.78 is 5.72. The van der Waals surface area contributed by atoms with E-state index >= 15 is 0 Å². The molecule has 104 valence electrons. The molecule has 0 bridgehead atoms. The van der Waals surface area contributed by atoms with Crippen LogP contribution < -0.4 is 15.4 Å². The molecule has 3 N–H and O–H groups in total. The van der Waals surface area contributed by atoms with E-state index in [0.717, 1.165) is 18.0 Å². The summed E-state index contributed by atoms with van der Waals surface area (Å²) in [4.78, 5) is 11.7. The third-order valence-electron chi connectivity index (χ3n) is 2.72. The number of rotatable bonds is 6. The highest BCUT2D eigenvalue weighted by atomic mass is 16.5. The fraction of sp³-hybridized carbons (Fsp3) is 0.188. The van der Waals surface area contributed by atoms with E-state index in [0.29, 0.717) is 12.3 Å². The molecule has 0 radical (unpaired) electrons. The number of ether oxygens (including phenoxy) is 1. The van der Waals surface area contributed by atoms with Crippen molar-refractivity contribution < 1.29 is 14.8 Å². The lowest BCUT2D eigenvalue weighted by molar-refractivity contribution is -0.640. The SMILES string of the molecule is CC[NH2+]CC(=O)Nc1cccc(Oc2ccccc2)c1. The zero-order chi connectivity index (χ0) is 14.2. The van der Waals surface area contributed by atoms with Gasteiger partial charge in [-0.1, -0.05) is 24.3 Å². The highest BCUT2D eigenvalue weighted by molar-refractivity contribution is 5.91. The van der Waals surface area contributed by atoms with Crippen LogP contribution in [0.15, 0.2) is 54.6 Å². The van der Waals surface area contributed by atoms with Crippen molar-refractivity contribution in [2.75, 3.05) is 18.4 Å². The number of hydrogen-bond donors (Lipinski definition) is 2. The van der Waals surface area contributed by atoms with Gasteiger partial charge in [-0.25, -0.2) is 0 Å². The van der Waals surface area contributed by atoms with Crippen LogP contribution in [0.2, 0.25) is 0 Å². The molecule has 0 aliphatic carbocycles. The standard InChI is InChI=1S/C16H18N2O2/c1-2-17-12-16(19)18-13-7-6-10-15(11-13)20-14-8-4-3-5-9-14/h3-11,17H,2,12H2,1H3,(H,18,19)/p+1. The van der Waals surface area contributed by atoms with Gasteiger partial charge in [0.2, 0.25) is 0 Å². The van der Waals surface area contributed by atoms with Crippen molar-refractivity contribution in [3.63, 3.8) is 0 Å². The summed E-state index contributed by atoms with van der Waals surface area (Å²) in [5.41, 5.74) is 0.743. The van der Waals surface area contributed by atoms with Crippen LogP contribution >= 0.6 is 0 Å². The Morgan fingerprint density at radius 3 is 2.60 bits per heavy atom. The maximum absolute atomic E-state index is 11.7. The van der Waals surface area contributed by atoms with E-state index in [1.807, 2.05) is 66.8 Å². The average Bonchev–Trinajstić information content (AvgIpc) is 2.46. The number of carbonyl (C=O) groups is 1. The number of nitrogens with one attached hydrogen (secondary N) is 1. The summed E-state index contributed by atoms with van der Waals surface area (Å²) in [6, 6.07) is 16.9. The van der Waals surface area contributed by atoms with Crippen molar-refractivity contribution in [3.8, 4) is 11.5 Å². The van der Waals surface area contributed by atoms with E-state index in [4.69, 9.17) is 4.74 Å². The molecule has 0 heterocycles. The highest BCUT2D eigenvalue weighted by Crippen LogP contribution is 2.23. The summed E-state index contributed by atoms with van der Waals surface area (Å²) in [6.07, 6.45) is 0. The molecule has 2 aromatic rings. The van der Waals surface area contributed by atoms with Crippen LogP contribution in [-0.4, -0.2) is 19.0 Å². The molecule has 0 saturated heterocycles. The van der Waals surface area contributed by atoms with Crippen molar-refractivity contribution >= 4 is 11.6 Å². The molecule has 0 aliphatic heterocycles. The summed E-state index contributed by atoms with van der Waals surface area (Å²) in [5.74, 6) is 1.47. The Balaban J connectivity index is 1.99. The molecule has 0 unspecified atom stereocenters. The van der Waals surface area contributed by atoms with E-state index < -0.39 is 0 Å². The first-order valence-electron chi connectivity index (χ1n) is 6.72. The van der Waals surface area contributed by atoms with Crippen molar-refractivity contribution in [2.24, 2.45) is 0 Å². The second kappa shape index (κ2) is 7.31. The normalized spacial score (nSPS) is 10.1. The van der Waals surface area contributed by atoms with Gasteiger partial charge in [-0.15, -0.1) is 0 Å². The number of quaternary nitrogens is 1. The van der Waals surface area contributed by atoms with Crippen molar-refractivity contribution in [3.05, 3.63) is 54.6 Å². The fourth-order valence-corrected chi connectivity index (χ4v) is 1.75. The third-order valence-corrected chi connectivity index (χ3v) is 2.72. The van der Waals surface area contributed by atoms with Crippen molar-refractivity contribution in [1.29, 1.82) is 0 Å². The molecule has 4 heteroatoms. The molecule has 20 heavy (non-hydrogen) atoms. The van der Waals surface area contributed by atoms with E-state index in [9.17, 15) is 4.79 Å². The van der Waals surface area contributed by atoms with E-state index in [-0.39, 0.29) is 5.91 Å². The largest absolute Gasteiger partial charge is 0.457 e. The van der Waals surface area contributed by atoms with Crippen LogP contribution in [0.3, 0.4) is 0 Å². The van der Waals surface area contributed by atoms with E-state index in [1.165, 1.54) is 0 Å². The fourth-order valence-electron chi connectivity index (χ4n) is 1.75. The highest BCUT2D eigenvalue weighted by Gasteiger charge is 2.04. The number of hydrogen-bond acceptors (Lipinski definition) is 2. The lowest BCUT2D eigenvalue weighted by atomic mass is 10.3. The van der Waals surface area contributed by atoms with E-state index in [1.54, 1.807) is 0 Å². The maximum atomic E-state index is 11.7. The monoisotopic (exact) mass is 271 g/mol. The molecule has 4 nitrogen and oxygen atoms in total. The number of nitrogens with two attached hydrogens (primary N) is 1. The summed E-state index contributed by atoms with van der Waals surface area (Å²) in [7, 11) is 0. The maximum Gasteiger partial charge on any atom is 0.279 e. The molecular formula is C16H19N2O2+. The lowest BCUT2D eigenvalue weighted by Gasteiger charge is -2.08. The smallest absolute Gasteiger partial charge is 0.279 e. The number of likely N-dealkylation sites (N-methyl/N-ethyl adjacent to an activating group) is 1. The van der Waals surface area contributed by atoms with Gasteiger partial charge in [0.15, 0.2) is 6.54 Å². The van der Waals surface area contributed by atoms with Gasteiger partial charge in [0.05, 0.1) is 6.54 Å². The van der Waals surface area contributed by atoms with Crippen LogP contribution in [0.25, 0.3) is 0 Å². The Labute approximate surface area is 118 Å². The number of anilines is 1. The molecule has 1 amide bonds. The molecule has 2 rings (SSSR count). The average molecular weight is 271 g/mol. The van der Waals surface area contributed by atoms with Gasteiger partial charge in [0.1, 0.15) is 11.5 Å². The number of para-hydroxylation sites is 1. The molecule has 0 fully saturated rings. The molecule has 2 aromatic carbocycles. The van der Waals surface area contributed by atoms with Gasteiger partial charge in [-0.2, -0.15) is 0 Å². The molecule has 0 saturated carbocycles. The Hall–Kier alpha value is -2.33. The topological polar surface area (TPSA) is 54.9 Å². The second-order valence-corrected chi connectivity index (χ2v) is 4.39. The Morgan fingerprint density at radius 2 is 1.85 bits per heavy atom. The van der Waals surface area contributed by atoms with Crippen molar-refractivity contribution in [1.82, 2.24) is 0 Å². The number of carbonyl (C=O) groups excluding carboxylic acids is 1. The van der Waals surface area contributed by atoms with E-state index in [2.05, 4.69) is 5.32 Å². The Kier molecular flexibility index (Phi) is 5.15. The summed E-state index contributed by atoms with van der Waals surface area (Å²) in [6.45, 7) is 3.34. The quantitative estimate of drug-likeness (QED) is 0.844. The van der Waals surface area contributed by atoms with Crippen molar-refractivity contribution in [2.45, 2.75) is 6.92 Å². The molecular weight excluding hydrogens is 252 g/mol. The zero-order valence-electron chi connectivity index (χ0n) is 11.5. The molecule has 0 aliphatic rings. The minimum Gasteiger partial charge on any atom is -0.457 e. The Bertz CT molecular complexity index is 555. The van der Waals surface area contributed by atoms with Gasteiger partial charge < -0.3 is 15.4 Å². The van der Waals surface area contributed by atoms with Gasteiger partial charge in [0.25, 0.3) is 5.91 Å². The predicted molar refractivity (Wildman–Crippen MR) is 78.9 cm³/mol.